The Bertz CT molecular complexity index is 2780. The van der Waals surface area contributed by atoms with Gasteiger partial charge in [-0.25, -0.2) is 0 Å². The van der Waals surface area contributed by atoms with E-state index in [2.05, 4.69) is 228 Å². The van der Waals surface area contributed by atoms with Gasteiger partial charge in [0, 0.05) is 33.8 Å². The highest BCUT2D eigenvalue weighted by molar-refractivity contribution is 5.94. The fourth-order valence-electron chi connectivity index (χ4n) is 8.24. The summed E-state index contributed by atoms with van der Waals surface area (Å²) in [5.74, 6) is 0. The largest absolute Gasteiger partial charge is 0.311 e. The van der Waals surface area contributed by atoms with Crippen LogP contribution in [-0.4, -0.2) is 4.57 Å². The van der Waals surface area contributed by atoms with Crippen molar-refractivity contribution in [1.29, 1.82) is 0 Å². The van der Waals surface area contributed by atoms with Crippen LogP contribution in [0.15, 0.2) is 212 Å². The van der Waals surface area contributed by atoms with Gasteiger partial charge >= 0.3 is 0 Å². The predicted octanol–water partition coefficient (Wildman–Crippen LogP) is 14.7. The summed E-state index contributed by atoms with van der Waals surface area (Å²) in [6.07, 6.45) is 6.76. The van der Waals surface area contributed by atoms with E-state index in [1.807, 2.05) is 0 Å². The topological polar surface area (TPSA) is 8.17 Å². The maximum absolute atomic E-state index is 2.41. The smallest absolute Gasteiger partial charge is 0.0538 e. The molecule has 0 aliphatic heterocycles. The first-order chi connectivity index (χ1) is 27.8. The minimum absolute atomic E-state index is 1.07. The molecular weight excluding hydrogens is 677 g/mol. The van der Waals surface area contributed by atoms with E-state index in [0.29, 0.717) is 0 Å². The third-order valence-corrected chi connectivity index (χ3v) is 11.1. The molecule has 0 fully saturated rings. The first-order valence-corrected chi connectivity index (χ1v) is 19.5. The molecule has 0 saturated carbocycles. The molecule has 0 bridgehead atoms. The maximum atomic E-state index is 2.41. The summed E-state index contributed by atoms with van der Waals surface area (Å²) in [5.41, 5.74) is 18.3. The van der Waals surface area contributed by atoms with Gasteiger partial charge < -0.3 is 9.47 Å². The minimum atomic E-state index is 1.07. The molecule has 1 aliphatic carbocycles. The average molecular weight is 717 g/mol. The predicted molar refractivity (Wildman–Crippen MR) is 237 cm³/mol. The van der Waals surface area contributed by atoms with Crippen molar-refractivity contribution in [2.45, 2.75) is 12.8 Å². The first-order valence-electron chi connectivity index (χ1n) is 19.5. The number of aromatic nitrogens is 1. The highest BCUT2D eigenvalue weighted by Crippen LogP contribution is 2.39. The van der Waals surface area contributed by atoms with Gasteiger partial charge in [-0.1, -0.05) is 152 Å². The van der Waals surface area contributed by atoms with Gasteiger partial charge in [0.25, 0.3) is 0 Å². The number of hydrogen-bond acceptors (Lipinski definition) is 1. The zero-order valence-electron chi connectivity index (χ0n) is 31.1. The first kappa shape index (κ1) is 33.4. The van der Waals surface area contributed by atoms with Gasteiger partial charge in [0.15, 0.2) is 0 Å². The number of fused-ring (bicyclic) bond motifs is 3. The molecule has 0 saturated heterocycles. The van der Waals surface area contributed by atoms with Gasteiger partial charge in [0.05, 0.1) is 5.52 Å². The molecule has 9 aromatic rings. The van der Waals surface area contributed by atoms with E-state index in [9.17, 15) is 0 Å². The van der Waals surface area contributed by atoms with Crippen molar-refractivity contribution in [2.75, 3.05) is 4.90 Å². The van der Waals surface area contributed by atoms with E-state index in [1.165, 1.54) is 72.4 Å². The van der Waals surface area contributed by atoms with Crippen molar-refractivity contribution in [1.82, 2.24) is 4.57 Å². The zero-order chi connectivity index (χ0) is 37.3. The van der Waals surface area contributed by atoms with Crippen LogP contribution in [0.3, 0.4) is 0 Å². The molecule has 0 radical (unpaired) electrons. The number of aryl methyl sites for hydroxylation is 1. The van der Waals surface area contributed by atoms with Gasteiger partial charge in [-0.2, -0.15) is 0 Å². The van der Waals surface area contributed by atoms with Crippen molar-refractivity contribution in [3.05, 3.63) is 224 Å². The van der Waals surface area contributed by atoms with E-state index >= 15 is 0 Å². The van der Waals surface area contributed by atoms with Gasteiger partial charge in [-0.3, -0.25) is 0 Å². The second kappa shape index (κ2) is 14.6. The molecule has 266 valence electrons. The molecule has 56 heavy (non-hydrogen) atoms. The second-order valence-corrected chi connectivity index (χ2v) is 14.5. The van der Waals surface area contributed by atoms with Crippen LogP contribution in [0.5, 0.6) is 0 Å². The third kappa shape index (κ3) is 6.32. The minimum Gasteiger partial charge on any atom is -0.311 e. The van der Waals surface area contributed by atoms with Gasteiger partial charge in [-0.15, -0.1) is 0 Å². The van der Waals surface area contributed by atoms with Crippen molar-refractivity contribution in [3.8, 4) is 50.2 Å². The second-order valence-electron chi connectivity index (χ2n) is 14.5. The Kier molecular flexibility index (Phi) is 8.70. The molecule has 1 aliphatic rings. The van der Waals surface area contributed by atoms with Crippen molar-refractivity contribution in [3.63, 3.8) is 0 Å². The van der Waals surface area contributed by atoms with Crippen LogP contribution in [0.4, 0.5) is 17.1 Å². The molecule has 8 aromatic carbocycles. The lowest BCUT2D eigenvalue weighted by Gasteiger charge is -2.26. The van der Waals surface area contributed by atoms with Crippen LogP contribution in [0, 0.1) is 0 Å². The summed E-state index contributed by atoms with van der Waals surface area (Å²) >= 11 is 0. The van der Waals surface area contributed by atoms with Gasteiger partial charge in [0.2, 0.25) is 0 Å². The van der Waals surface area contributed by atoms with E-state index in [1.54, 1.807) is 0 Å². The van der Waals surface area contributed by atoms with E-state index in [0.717, 1.165) is 29.9 Å². The Morgan fingerprint density at radius 2 is 0.786 bits per heavy atom. The summed E-state index contributed by atoms with van der Waals surface area (Å²) < 4.78 is 2.41. The summed E-state index contributed by atoms with van der Waals surface area (Å²) in [6.45, 7) is 0. The van der Waals surface area contributed by atoms with Crippen LogP contribution in [0.1, 0.15) is 17.7 Å². The lowest BCUT2D eigenvalue weighted by atomic mass is 9.96. The molecule has 1 heterocycles. The van der Waals surface area contributed by atoms with Crippen LogP contribution in [0.2, 0.25) is 0 Å². The van der Waals surface area contributed by atoms with Gasteiger partial charge in [0.1, 0.15) is 0 Å². The number of anilines is 3. The van der Waals surface area contributed by atoms with Crippen LogP contribution in [-0.2, 0) is 6.42 Å². The molecule has 10 rings (SSSR count). The molecular formula is C54H40N2. The molecule has 2 heteroatoms. The number of hydrogen-bond donors (Lipinski definition) is 0. The number of nitrogens with zero attached hydrogens (tertiary/aromatic N) is 2. The van der Waals surface area contributed by atoms with E-state index < -0.39 is 0 Å². The SMILES string of the molecule is C1=Cc2c(c3cc(-c4ccc(-c5ccc(-c6ccc(N(c7ccccc7)c7ccc(-c8ccccc8)cc7)cc6)cc5)cc4)ccc3n2-c2ccccc2)CC1. The highest BCUT2D eigenvalue weighted by Gasteiger charge is 2.19. The molecule has 0 unspecified atom stereocenters. The van der Waals surface area contributed by atoms with E-state index in [4.69, 9.17) is 0 Å². The Balaban J connectivity index is 0.888. The fourth-order valence-corrected chi connectivity index (χ4v) is 8.24. The normalized spacial score (nSPS) is 12.1. The Morgan fingerprint density at radius 1 is 0.375 bits per heavy atom. The third-order valence-electron chi connectivity index (χ3n) is 11.1. The molecule has 0 atom stereocenters. The van der Waals surface area contributed by atoms with Gasteiger partial charge in [-0.05, 0) is 130 Å². The molecule has 0 spiro atoms. The lowest BCUT2D eigenvalue weighted by Crippen LogP contribution is -2.09. The van der Waals surface area contributed by atoms with E-state index in [-0.39, 0.29) is 0 Å². The monoisotopic (exact) mass is 716 g/mol. The summed E-state index contributed by atoms with van der Waals surface area (Å²) in [7, 11) is 0. The molecule has 0 N–H and O–H groups in total. The van der Waals surface area contributed by atoms with Crippen molar-refractivity contribution in [2.24, 2.45) is 0 Å². The standard InChI is InChI=1S/C54H40N2/c1-4-12-39(13-5-1)43-28-33-49(34-29-43)55(47-14-6-2-7-15-47)50-35-30-44(31-36-50)42-22-20-40(21-23-42)41-24-26-45(27-25-41)46-32-37-54-52(38-46)51-18-10-11-19-53(51)56(54)48-16-8-3-9-17-48/h1-9,11-17,19-38H,10,18H2. The Hall–Kier alpha value is -7.16. The Labute approximate surface area is 328 Å². The zero-order valence-corrected chi connectivity index (χ0v) is 31.1. The lowest BCUT2D eigenvalue weighted by molar-refractivity contribution is 0.967. The van der Waals surface area contributed by atoms with Crippen LogP contribution < -0.4 is 4.90 Å². The number of rotatable bonds is 8. The van der Waals surface area contributed by atoms with Crippen molar-refractivity contribution < 1.29 is 0 Å². The van der Waals surface area contributed by atoms with Crippen LogP contribution >= 0.6 is 0 Å². The summed E-state index contributed by atoms with van der Waals surface area (Å²) in [4.78, 5) is 2.31. The number of para-hydroxylation sites is 2. The number of allylic oxidation sites excluding steroid dienone is 1. The summed E-state index contributed by atoms with van der Waals surface area (Å²) in [5, 5.41) is 1.35. The Morgan fingerprint density at radius 3 is 1.32 bits per heavy atom. The quantitative estimate of drug-likeness (QED) is 0.152. The molecule has 2 nitrogen and oxygen atoms in total. The number of benzene rings is 8. The summed E-state index contributed by atoms with van der Waals surface area (Å²) in [6, 6.07) is 74.5. The van der Waals surface area contributed by atoms with Crippen molar-refractivity contribution >= 4 is 34.0 Å². The maximum Gasteiger partial charge on any atom is 0.0538 e. The average Bonchev–Trinajstić information content (AvgIpc) is 3.62. The molecule has 1 aromatic heterocycles. The fraction of sp³-hybridized carbons (Fsp3) is 0.0370. The van der Waals surface area contributed by atoms with Crippen LogP contribution in [0.25, 0.3) is 67.2 Å². The highest BCUT2D eigenvalue weighted by atomic mass is 15.1. The molecule has 0 amide bonds.